The number of nitrogens with one attached hydrogen (secondary N) is 1. The average molecular weight is 716 g/mol. The monoisotopic (exact) mass is 716 g/mol. The Kier molecular flexibility index (Phi) is 29.5. The molecule has 0 aromatic heterocycles. The minimum Gasteiger partial charge on any atom is -0.394 e. The van der Waals surface area contributed by atoms with Crippen molar-refractivity contribution in [2.75, 3.05) is 13.2 Å². The lowest BCUT2D eigenvalue weighted by Crippen LogP contribution is -2.60. The number of ether oxygens (including phenoxy) is 2. The number of hydrogen-bond acceptors (Lipinski definition) is 9. The van der Waals surface area contributed by atoms with Crippen LogP contribution in [0.4, 0.5) is 0 Å². The van der Waals surface area contributed by atoms with Crippen molar-refractivity contribution in [2.24, 2.45) is 0 Å². The highest BCUT2D eigenvalue weighted by Crippen LogP contribution is 2.23. The molecular formula is C40H77NO9. The minimum absolute atomic E-state index is 0.243. The van der Waals surface area contributed by atoms with Gasteiger partial charge in [-0.25, -0.2) is 0 Å². The van der Waals surface area contributed by atoms with Crippen LogP contribution in [-0.2, 0) is 14.3 Å². The number of hydrogen-bond donors (Lipinski definition) is 7. The molecule has 296 valence electrons. The van der Waals surface area contributed by atoms with Crippen molar-refractivity contribution in [3.8, 4) is 0 Å². The van der Waals surface area contributed by atoms with Gasteiger partial charge in [-0.2, -0.15) is 0 Å². The van der Waals surface area contributed by atoms with E-state index in [1.54, 1.807) is 0 Å². The predicted molar refractivity (Wildman–Crippen MR) is 200 cm³/mol. The summed E-state index contributed by atoms with van der Waals surface area (Å²) in [5.41, 5.74) is 0. The Morgan fingerprint density at radius 1 is 0.660 bits per heavy atom. The van der Waals surface area contributed by atoms with Crippen molar-refractivity contribution in [3.63, 3.8) is 0 Å². The Labute approximate surface area is 304 Å². The fourth-order valence-electron chi connectivity index (χ4n) is 6.52. The van der Waals surface area contributed by atoms with Crippen LogP contribution in [-0.4, -0.2) is 98.7 Å². The largest absolute Gasteiger partial charge is 0.394 e. The van der Waals surface area contributed by atoms with E-state index in [0.717, 1.165) is 38.5 Å². The molecular weight excluding hydrogens is 638 g/mol. The highest BCUT2D eigenvalue weighted by molar-refractivity contribution is 5.80. The summed E-state index contributed by atoms with van der Waals surface area (Å²) in [4.78, 5) is 12.9. The molecule has 0 spiro atoms. The Morgan fingerprint density at radius 3 is 1.66 bits per heavy atom. The number of aliphatic hydroxyl groups is 6. The fourth-order valence-corrected chi connectivity index (χ4v) is 6.52. The van der Waals surface area contributed by atoms with Crippen LogP contribution < -0.4 is 5.32 Å². The van der Waals surface area contributed by atoms with Crippen LogP contribution in [0.25, 0.3) is 0 Å². The fraction of sp³-hybridized carbons (Fsp3) is 0.925. The molecule has 0 aromatic carbocycles. The molecule has 0 aliphatic carbocycles. The van der Waals surface area contributed by atoms with E-state index in [4.69, 9.17) is 9.47 Å². The molecule has 0 bridgehead atoms. The van der Waals surface area contributed by atoms with Crippen LogP contribution in [0.1, 0.15) is 174 Å². The average Bonchev–Trinajstić information content (AvgIpc) is 3.11. The molecule has 1 aliphatic heterocycles. The van der Waals surface area contributed by atoms with Gasteiger partial charge in [0.2, 0.25) is 5.91 Å². The molecule has 0 aromatic rings. The van der Waals surface area contributed by atoms with E-state index in [1.165, 1.54) is 103 Å². The molecule has 10 heteroatoms. The number of unbranched alkanes of at least 4 members (excludes halogenated alkanes) is 20. The molecule has 1 rings (SSSR count). The second kappa shape index (κ2) is 31.4. The van der Waals surface area contributed by atoms with E-state index in [1.807, 2.05) is 6.08 Å². The lowest BCUT2D eigenvalue weighted by Gasteiger charge is -2.40. The van der Waals surface area contributed by atoms with E-state index in [9.17, 15) is 35.4 Å². The summed E-state index contributed by atoms with van der Waals surface area (Å²) in [6, 6.07) is -0.903. The second-order valence-corrected chi connectivity index (χ2v) is 14.6. The van der Waals surface area contributed by atoms with Gasteiger partial charge < -0.3 is 45.4 Å². The highest BCUT2D eigenvalue weighted by Gasteiger charge is 2.44. The third-order valence-corrected chi connectivity index (χ3v) is 9.98. The standard InChI is InChI=1S/C40H77NO9/c1-3-5-7-9-11-13-14-15-16-17-18-19-20-21-23-24-26-28-33(43)32(31-49-40-38(47)37(46)36(45)35(30-42)50-40)41-39(48)34(44)29-27-25-22-12-10-8-6-4-2/h22,25,32-38,40,42-47H,3-21,23-24,26-31H2,1-2H3,(H,41,48)/b25-22-. The Hall–Kier alpha value is -1.11. The number of aliphatic hydroxyl groups excluding tert-OH is 6. The van der Waals surface area contributed by atoms with Crippen LogP contribution >= 0.6 is 0 Å². The SMILES string of the molecule is CCCCCC/C=C\CCC(O)C(=O)NC(COC1OC(CO)C(O)C(O)C1O)C(O)CCCCCCCCCCCCCCCCCCC. The van der Waals surface area contributed by atoms with Crippen LogP contribution in [0.3, 0.4) is 0 Å². The summed E-state index contributed by atoms with van der Waals surface area (Å²) in [5, 5.41) is 64.4. The number of amides is 1. The summed E-state index contributed by atoms with van der Waals surface area (Å²) in [6.45, 7) is 3.58. The number of carbonyl (C=O) groups excluding carboxylic acids is 1. The van der Waals surface area contributed by atoms with E-state index >= 15 is 0 Å². The number of rotatable bonds is 33. The van der Waals surface area contributed by atoms with Gasteiger partial charge in [0, 0.05) is 0 Å². The Morgan fingerprint density at radius 2 is 1.14 bits per heavy atom. The normalized spacial score (nSPS) is 22.9. The van der Waals surface area contributed by atoms with Crippen molar-refractivity contribution in [1.29, 1.82) is 0 Å². The van der Waals surface area contributed by atoms with Gasteiger partial charge in [0.15, 0.2) is 6.29 Å². The molecule has 50 heavy (non-hydrogen) atoms. The molecule has 7 N–H and O–H groups in total. The van der Waals surface area contributed by atoms with Crippen molar-refractivity contribution in [3.05, 3.63) is 12.2 Å². The summed E-state index contributed by atoms with van der Waals surface area (Å²) >= 11 is 0. The van der Waals surface area contributed by atoms with Crippen molar-refractivity contribution in [1.82, 2.24) is 5.32 Å². The lowest BCUT2D eigenvalue weighted by molar-refractivity contribution is -0.302. The zero-order chi connectivity index (χ0) is 36.8. The molecule has 0 radical (unpaired) electrons. The number of allylic oxidation sites excluding steroid dienone is 2. The number of carbonyl (C=O) groups is 1. The second-order valence-electron chi connectivity index (χ2n) is 14.6. The third kappa shape index (κ3) is 22.1. The van der Waals surface area contributed by atoms with E-state index in [0.29, 0.717) is 12.8 Å². The molecule has 1 aliphatic rings. The van der Waals surface area contributed by atoms with Crippen LogP contribution in [0.15, 0.2) is 12.2 Å². The van der Waals surface area contributed by atoms with E-state index in [2.05, 4.69) is 25.2 Å². The quantitative estimate of drug-likeness (QED) is 0.0302. The first-order chi connectivity index (χ1) is 24.3. The molecule has 8 atom stereocenters. The molecule has 10 nitrogen and oxygen atoms in total. The summed E-state index contributed by atoms with van der Waals surface area (Å²) in [5.74, 6) is -0.620. The maximum absolute atomic E-state index is 12.9. The van der Waals surface area contributed by atoms with Gasteiger partial charge in [-0.3, -0.25) is 4.79 Å². The van der Waals surface area contributed by atoms with Gasteiger partial charge in [0.05, 0.1) is 25.4 Å². The first kappa shape index (κ1) is 46.9. The van der Waals surface area contributed by atoms with Crippen molar-refractivity contribution < 1.29 is 44.9 Å². The summed E-state index contributed by atoms with van der Waals surface area (Å²) < 4.78 is 11.1. The van der Waals surface area contributed by atoms with Gasteiger partial charge in [-0.15, -0.1) is 0 Å². The highest BCUT2D eigenvalue weighted by atomic mass is 16.7. The summed E-state index contributed by atoms with van der Waals surface area (Å²) in [7, 11) is 0. The van der Waals surface area contributed by atoms with Gasteiger partial charge >= 0.3 is 0 Å². The zero-order valence-electron chi connectivity index (χ0n) is 31.8. The molecule has 1 amide bonds. The topological polar surface area (TPSA) is 169 Å². The van der Waals surface area contributed by atoms with Crippen molar-refractivity contribution >= 4 is 5.91 Å². The molecule has 1 heterocycles. The smallest absolute Gasteiger partial charge is 0.249 e. The Balaban J connectivity index is 2.43. The van der Waals surface area contributed by atoms with Crippen LogP contribution in [0.5, 0.6) is 0 Å². The maximum atomic E-state index is 12.9. The van der Waals surface area contributed by atoms with Crippen LogP contribution in [0.2, 0.25) is 0 Å². The van der Waals surface area contributed by atoms with E-state index < -0.39 is 61.5 Å². The molecule has 1 fully saturated rings. The first-order valence-electron chi connectivity index (χ1n) is 20.5. The first-order valence-corrected chi connectivity index (χ1v) is 20.5. The van der Waals surface area contributed by atoms with Gasteiger partial charge in [-0.05, 0) is 32.1 Å². The summed E-state index contributed by atoms with van der Waals surface area (Å²) in [6.07, 6.45) is 22.9. The van der Waals surface area contributed by atoms with Gasteiger partial charge in [0.1, 0.15) is 30.5 Å². The van der Waals surface area contributed by atoms with Gasteiger partial charge in [-0.1, -0.05) is 154 Å². The molecule has 8 unspecified atom stereocenters. The predicted octanol–water partition coefficient (Wildman–Crippen LogP) is 6.36. The van der Waals surface area contributed by atoms with E-state index in [-0.39, 0.29) is 13.0 Å². The third-order valence-electron chi connectivity index (χ3n) is 9.98. The van der Waals surface area contributed by atoms with Crippen LogP contribution in [0, 0.1) is 0 Å². The zero-order valence-corrected chi connectivity index (χ0v) is 31.8. The van der Waals surface area contributed by atoms with Gasteiger partial charge in [0.25, 0.3) is 0 Å². The Bertz CT molecular complexity index is 814. The lowest BCUT2D eigenvalue weighted by atomic mass is 9.99. The maximum Gasteiger partial charge on any atom is 0.249 e. The minimum atomic E-state index is -1.60. The molecule has 1 saturated heterocycles. The molecule has 0 saturated carbocycles. The van der Waals surface area contributed by atoms with Crippen molar-refractivity contribution in [2.45, 2.75) is 223 Å².